The Balaban J connectivity index is 1.89. The Kier molecular flexibility index (Phi) is 6.86. The first-order valence-electron chi connectivity index (χ1n) is 8.90. The standard InChI is InChI=1S/C19H25N3O6/c1-19(2,3)27-18(26)21(14-8-4-6-12-20-14)13-7-5-9-17(25)28-22-15(23)10-11-16(22)24/h4,6,8,10-12,23-24H,5,7,9,13H2,1-3H3. The molecule has 0 aromatic carbocycles. The van der Waals surface area contributed by atoms with Crippen LogP contribution in [0, 0.1) is 0 Å². The zero-order valence-corrected chi connectivity index (χ0v) is 16.2. The first kappa shape index (κ1) is 21.1. The third-order valence-corrected chi connectivity index (χ3v) is 3.54. The van der Waals surface area contributed by atoms with Crippen LogP contribution in [0.3, 0.4) is 0 Å². The quantitative estimate of drug-likeness (QED) is 0.698. The molecule has 0 unspecified atom stereocenters. The fraction of sp³-hybridized carbons (Fsp3) is 0.421. The lowest BCUT2D eigenvalue weighted by atomic mass is 10.2. The highest BCUT2D eigenvalue weighted by Gasteiger charge is 2.24. The van der Waals surface area contributed by atoms with Crippen molar-refractivity contribution >= 4 is 17.9 Å². The molecule has 0 atom stereocenters. The van der Waals surface area contributed by atoms with E-state index in [1.165, 1.54) is 17.0 Å². The van der Waals surface area contributed by atoms with Gasteiger partial charge in [-0.25, -0.2) is 14.6 Å². The number of nitrogens with zero attached hydrogens (tertiary/aromatic N) is 3. The molecular weight excluding hydrogens is 366 g/mol. The van der Waals surface area contributed by atoms with Gasteiger partial charge >= 0.3 is 12.1 Å². The molecule has 28 heavy (non-hydrogen) atoms. The van der Waals surface area contributed by atoms with Gasteiger partial charge in [0.1, 0.15) is 11.4 Å². The fourth-order valence-electron chi connectivity index (χ4n) is 2.31. The van der Waals surface area contributed by atoms with E-state index in [1.807, 2.05) is 0 Å². The smallest absolute Gasteiger partial charge is 0.416 e. The number of anilines is 1. The van der Waals surface area contributed by atoms with Crippen LogP contribution in [0.2, 0.25) is 0 Å². The van der Waals surface area contributed by atoms with Crippen molar-refractivity contribution in [1.29, 1.82) is 0 Å². The zero-order valence-electron chi connectivity index (χ0n) is 16.2. The lowest BCUT2D eigenvalue weighted by Gasteiger charge is -2.26. The molecule has 0 aliphatic carbocycles. The van der Waals surface area contributed by atoms with E-state index in [-0.39, 0.29) is 18.2 Å². The second-order valence-electron chi connectivity index (χ2n) is 7.08. The Morgan fingerprint density at radius 2 is 1.79 bits per heavy atom. The number of aromatic hydroxyl groups is 2. The number of ether oxygens (including phenoxy) is 1. The van der Waals surface area contributed by atoms with Gasteiger partial charge in [-0.15, -0.1) is 4.73 Å². The number of amides is 1. The molecule has 9 heteroatoms. The van der Waals surface area contributed by atoms with Gasteiger partial charge in [0.15, 0.2) is 0 Å². The third-order valence-electron chi connectivity index (χ3n) is 3.54. The van der Waals surface area contributed by atoms with E-state index in [1.54, 1.807) is 45.2 Å². The van der Waals surface area contributed by atoms with Gasteiger partial charge < -0.3 is 19.8 Å². The van der Waals surface area contributed by atoms with Crippen LogP contribution < -0.4 is 9.74 Å². The second-order valence-corrected chi connectivity index (χ2v) is 7.08. The minimum absolute atomic E-state index is 0.0431. The van der Waals surface area contributed by atoms with Crippen molar-refractivity contribution in [2.24, 2.45) is 0 Å². The van der Waals surface area contributed by atoms with Gasteiger partial charge in [0, 0.05) is 31.3 Å². The van der Waals surface area contributed by atoms with Crippen LogP contribution in [0.4, 0.5) is 10.6 Å². The number of hydrogen-bond donors (Lipinski definition) is 2. The number of pyridine rings is 1. The van der Waals surface area contributed by atoms with Crippen LogP contribution >= 0.6 is 0 Å². The maximum Gasteiger partial charge on any atom is 0.416 e. The molecule has 2 aromatic heterocycles. The minimum Gasteiger partial charge on any atom is -0.492 e. The maximum absolute atomic E-state index is 12.5. The van der Waals surface area contributed by atoms with Crippen molar-refractivity contribution in [2.75, 3.05) is 11.4 Å². The van der Waals surface area contributed by atoms with Crippen molar-refractivity contribution in [3.63, 3.8) is 0 Å². The van der Waals surface area contributed by atoms with Crippen LogP contribution in [-0.2, 0) is 9.53 Å². The Morgan fingerprint density at radius 3 is 2.36 bits per heavy atom. The molecule has 0 spiro atoms. The van der Waals surface area contributed by atoms with E-state index in [9.17, 15) is 19.8 Å². The monoisotopic (exact) mass is 391 g/mol. The van der Waals surface area contributed by atoms with Gasteiger partial charge in [-0.2, -0.15) is 0 Å². The Hall–Kier alpha value is -3.23. The van der Waals surface area contributed by atoms with Crippen LogP contribution in [0.1, 0.15) is 40.0 Å². The predicted molar refractivity (Wildman–Crippen MR) is 101 cm³/mol. The third kappa shape index (κ3) is 6.19. The highest BCUT2D eigenvalue weighted by Crippen LogP contribution is 2.19. The first-order valence-corrected chi connectivity index (χ1v) is 8.90. The number of carbonyl (C=O) groups is 2. The van der Waals surface area contributed by atoms with Gasteiger partial charge in [-0.3, -0.25) is 4.90 Å². The summed E-state index contributed by atoms with van der Waals surface area (Å²) >= 11 is 0. The SMILES string of the molecule is CC(C)(C)OC(=O)N(CCCCC(=O)On1c(O)ccc1O)c1ccccn1. The fourth-order valence-corrected chi connectivity index (χ4v) is 2.31. The van der Waals surface area contributed by atoms with Gasteiger partial charge in [-0.1, -0.05) is 6.07 Å². The van der Waals surface area contributed by atoms with Crippen molar-refractivity contribution < 1.29 is 29.4 Å². The molecule has 0 aliphatic rings. The van der Waals surface area contributed by atoms with E-state index in [0.717, 1.165) is 0 Å². The normalized spacial score (nSPS) is 11.1. The Bertz CT molecular complexity index is 778. The van der Waals surface area contributed by atoms with Gasteiger partial charge in [0.2, 0.25) is 11.8 Å². The number of hydrogen-bond acceptors (Lipinski definition) is 7. The molecule has 2 heterocycles. The Morgan fingerprint density at radius 1 is 1.11 bits per heavy atom. The Labute approximate surface area is 163 Å². The van der Waals surface area contributed by atoms with Gasteiger partial charge in [0.05, 0.1) is 0 Å². The summed E-state index contributed by atoms with van der Waals surface area (Å²) in [5, 5.41) is 18.9. The van der Waals surface area contributed by atoms with Crippen LogP contribution in [0.25, 0.3) is 0 Å². The highest BCUT2D eigenvalue weighted by molar-refractivity contribution is 5.86. The molecule has 0 saturated heterocycles. The molecular formula is C19H25N3O6. The molecule has 0 aliphatic heterocycles. The maximum atomic E-state index is 12.5. The molecule has 0 fully saturated rings. The van der Waals surface area contributed by atoms with E-state index in [0.29, 0.717) is 29.9 Å². The lowest BCUT2D eigenvalue weighted by molar-refractivity contribution is -0.145. The zero-order chi connectivity index (χ0) is 20.7. The van der Waals surface area contributed by atoms with Crippen LogP contribution in [0.15, 0.2) is 36.5 Å². The summed E-state index contributed by atoms with van der Waals surface area (Å²) in [6, 6.07) is 7.63. The largest absolute Gasteiger partial charge is 0.492 e. The molecule has 2 N–H and O–H groups in total. The number of unbranched alkanes of at least 4 members (excludes halogenated alkanes) is 1. The predicted octanol–water partition coefficient (Wildman–Crippen LogP) is 2.86. The van der Waals surface area contributed by atoms with Crippen LogP contribution in [-0.4, -0.2) is 44.1 Å². The summed E-state index contributed by atoms with van der Waals surface area (Å²) in [6.45, 7) is 5.65. The number of rotatable bonds is 7. The molecule has 0 bridgehead atoms. The van der Waals surface area contributed by atoms with Gasteiger partial charge in [0.25, 0.3) is 0 Å². The van der Waals surface area contributed by atoms with Crippen molar-refractivity contribution in [1.82, 2.24) is 9.71 Å². The molecule has 9 nitrogen and oxygen atoms in total. The minimum atomic E-state index is -0.644. The number of aromatic nitrogens is 2. The molecule has 0 saturated carbocycles. The van der Waals surface area contributed by atoms with Crippen molar-refractivity contribution in [2.45, 2.75) is 45.6 Å². The molecule has 2 aromatic rings. The first-order chi connectivity index (χ1) is 13.2. The number of carbonyl (C=O) groups excluding carboxylic acids is 2. The topological polar surface area (TPSA) is 114 Å². The average Bonchev–Trinajstić information content (AvgIpc) is 2.93. The van der Waals surface area contributed by atoms with Gasteiger partial charge in [-0.05, 0) is 45.7 Å². The van der Waals surface area contributed by atoms with E-state index >= 15 is 0 Å². The van der Waals surface area contributed by atoms with Crippen molar-refractivity contribution in [3.05, 3.63) is 36.5 Å². The van der Waals surface area contributed by atoms with E-state index < -0.39 is 17.7 Å². The molecule has 0 radical (unpaired) electrons. The summed E-state index contributed by atoms with van der Waals surface area (Å²) in [6.07, 6.45) is 2.03. The summed E-state index contributed by atoms with van der Waals surface area (Å²) in [4.78, 5) is 34.8. The van der Waals surface area contributed by atoms with Crippen LogP contribution in [0.5, 0.6) is 11.8 Å². The summed E-state index contributed by atoms with van der Waals surface area (Å²) < 4.78 is 6.07. The van der Waals surface area contributed by atoms with E-state index in [4.69, 9.17) is 9.57 Å². The highest BCUT2D eigenvalue weighted by atomic mass is 16.7. The molecule has 2 rings (SSSR count). The summed E-state index contributed by atoms with van der Waals surface area (Å²) in [5.74, 6) is -0.917. The van der Waals surface area contributed by atoms with E-state index in [2.05, 4.69) is 4.98 Å². The lowest BCUT2D eigenvalue weighted by Crippen LogP contribution is -2.38. The second kappa shape index (κ2) is 9.12. The summed E-state index contributed by atoms with van der Waals surface area (Å²) in [7, 11) is 0. The molecule has 152 valence electrons. The average molecular weight is 391 g/mol. The summed E-state index contributed by atoms with van der Waals surface area (Å²) in [5.41, 5.74) is -0.644. The van der Waals surface area contributed by atoms with Crippen molar-refractivity contribution in [3.8, 4) is 11.8 Å². The molecule has 1 amide bonds.